The Morgan fingerprint density at radius 2 is 2.00 bits per heavy atom. The molecule has 0 saturated carbocycles. The lowest BCUT2D eigenvalue weighted by Gasteiger charge is -2.09. The van der Waals surface area contributed by atoms with Gasteiger partial charge in [0.1, 0.15) is 12.3 Å². The minimum atomic E-state index is -0.604. The van der Waals surface area contributed by atoms with Crippen LogP contribution in [0.2, 0.25) is 5.02 Å². The first-order valence-electron chi connectivity index (χ1n) is 8.24. The predicted molar refractivity (Wildman–Crippen MR) is 104 cm³/mol. The van der Waals surface area contributed by atoms with Gasteiger partial charge in [-0.2, -0.15) is 0 Å². The number of ether oxygens (including phenoxy) is 1. The zero-order valence-corrected chi connectivity index (χ0v) is 15.2. The van der Waals surface area contributed by atoms with Crippen molar-refractivity contribution in [2.24, 2.45) is 5.73 Å². The first-order chi connectivity index (χ1) is 13.6. The van der Waals surface area contributed by atoms with Crippen LogP contribution in [0.1, 0.15) is 16.1 Å². The summed E-state index contributed by atoms with van der Waals surface area (Å²) in [6.45, 7) is 0.150. The molecule has 0 atom stereocenters. The Bertz CT molecular complexity index is 1140. The van der Waals surface area contributed by atoms with Crippen molar-refractivity contribution in [3.05, 3.63) is 71.2 Å². The van der Waals surface area contributed by atoms with E-state index in [0.717, 1.165) is 5.69 Å². The molecular weight excluding hydrogens is 382 g/mol. The summed E-state index contributed by atoms with van der Waals surface area (Å²) in [6, 6.07) is 12.3. The number of carbonyl (C=O) groups is 1. The number of furan rings is 1. The highest BCUT2D eigenvalue weighted by Crippen LogP contribution is 2.31. The van der Waals surface area contributed by atoms with Gasteiger partial charge in [-0.1, -0.05) is 11.6 Å². The van der Waals surface area contributed by atoms with E-state index in [9.17, 15) is 4.79 Å². The van der Waals surface area contributed by atoms with Crippen molar-refractivity contribution in [1.29, 1.82) is 0 Å². The number of hydrogen-bond donors (Lipinski definition) is 2. The van der Waals surface area contributed by atoms with Gasteiger partial charge in [0.05, 0.1) is 11.6 Å². The van der Waals surface area contributed by atoms with Crippen LogP contribution in [0.15, 0.2) is 59.3 Å². The number of benzene rings is 1. The molecule has 9 heteroatoms. The zero-order valence-electron chi connectivity index (χ0n) is 14.4. The Labute approximate surface area is 164 Å². The van der Waals surface area contributed by atoms with Crippen LogP contribution in [0.25, 0.3) is 11.0 Å². The minimum absolute atomic E-state index is 0.150. The fourth-order valence-electron chi connectivity index (χ4n) is 2.56. The summed E-state index contributed by atoms with van der Waals surface area (Å²) in [6.07, 6.45) is 3.03. The standard InChI is InChI=1S/C19H14ClN5O3/c20-12-1-3-13(4-2-12)23-18-14-6-8-27-16(14)19(25-24-18)28-10-11-5-7-22-15(9-11)17(21)26/h1-9H,10H2,(H2,21,26)(H,23,24). The smallest absolute Gasteiger partial charge is 0.278 e. The Balaban J connectivity index is 1.56. The van der Waals surface area contributed by atoms with Crippen molar-refractivity contribution in [1.82, 2.24) is 15.2 Å². The van der Waals surface area contributed by atoms with Crippen molar-refractivity contribution in [3.63, 3.8) is 0 Å². The lowest BCUT2D eigenvalue weighted by molar-refractivity contribution is 0.0995. The predicted octanol–water partition coefficient (Wildman–Crippen LogP) is 3.69. The van der Waals surface area contributed by atoms with Gasteiger partial charge in [-0.15, -0.1) is 10.2 Å². The molecule has 0 aliphatic carbocycles. The van der Waals surface area contributed by atoms with Crippen LogP contribution in [-0.2, 0) is 6.61 Å². The molecule has 4 aromatic rings. The maximum atomic E-state index is 11.2. The lowest BCUT2D eigenvalue weighted by atomic mass is 10.2. The van der Waals surface area contributed by atoms with Gasteiger partial charge in [-0.3, -0.25) is 9.78 Å². The largest absolute Gasteiger partial charge is 0.469 e. The Morgan fingerprint density at radius 1 is 1.18 bits per heavy atom. The highest BCUT2D eigenvalue weighted by Gasteiger charge is 2.14. The molecule has 0 aliphatic heterocycles. The lowest BCUT2D eigenvalue weighted by Crippen LogP contribution is -2.13. The number of hydrogen-bond acceptors (Lipinski definition) is 7. The number of anilines is 2. The summed E-state index contributed by atoms with van der Waals surface area (Å²) >= 11 is 5.91. The zero-order chi connectivity index (χ0) is 19.5. The topological polar surface area (TPSA) is 116 Å². The molecule has 0 spiro atoms. The molecule has 0 radical (unpaired) electrons. The van der Waals surface area contributed by atoms with Crippen LogP contribution in [0.4, 0.5) is 11.5 Å². The fraction of sp³-hybridized carbons (Fsp3) is 0.0526. The number of nitrogens with one attached hydrogen (secondary N) is 1. The number of nitrogens with two attached hydrogens (primary N) is 1. The maximum Gasteiger partial charge on any atom is 0.278 e. The average molecular weight is 396 g/mol. The number of halogens is 1. The molecule has 140 valence electrons. The monoisotopic (exact) mass is 395 g/mol. The fourth-order valence-corrected chi connectivity index (χ4v) is 2.69. The minimum Gasteiger partial charge on any atom is -0.469 e. The third-order valence-corrected chi connectivity index (χ3v) is 4.17. The number of fused-ring (bicyclic) bond motifs is 1. The molecule has 8 nitrogen and oxygen atoms in total. The van der Waals surface area contributed by atoms with Crippen LogP contribution in [-0.4, -0.2) is 21.1 Å². The number of amides is 1. The van der Waals surface area contributed by atoms with E-state index in [2.05, 4.69) is 20.5 Å². The van der Waals surface area contributed by atoms with Gasteiger partial charge >= 0.3 is 0 Å². The van der Waals surface area contributed by atoms with Crippen LogP contribution in [0, 0.1) is 0 Å². The number of pyridine rings is 1. The molecule has 1 aromatic carbocycles. The summed E-state index contributed by atoms with van der Waals surface area (Å²) in [7, 11) is 0. The molecule has 0 bridgehead atoms. The highest BCUT2D eigenvalue weighted by atomic mass is 35.5. The molecule has 0 saturated heterocycles. The Morgan fingerprint density at radius 3 is 2.79 bits per heavy atom. The molecule has 0 aliphatic rings. The SMILES string of the molecule is NC(=O)c1cc(COc2nnc(Nc3ccc(Cl)cc3)c3ccoc23)ccn1. The van der Waals surface area contributed by atoms with Gasteiger partial charge in [-0.05, 0) is 48.0 Å². The van der Waals surface area contributed by atoms with Crippen molar-refractivity contribution in [2.45, 2.75) is 6.61 Å². The second kappa shape index (κ2) is 7.53. The van der Waals surface area contributed by atoms with Crippen LogP contribution in [0.5, 0.6) is 5.88 Å². The molecule has 0 unspecified atom stereocenters. The molecule has 28 heavy (non-hydrogen) atoms. The van der Waals surface area contributed by atoms with Crippen LogP contribution in [0.3, 0.4) is 0 Å². The highest BCUT2D eigenvalue weighted by molar-refractivity contribution is 6.30. The van der Waals surface area contributed by atoms with Gasteiger partial charge in [0, 0.05) is 16.9 Å². The molecule has 1 amide bonds. The first kappa shape index (κ1) is 17.7. The van der Waals surface area contributed by atoms with Crippen molar-refractivity contribution in [2.75, 3.05) is 5.32 Å². The summed E-state index contributed by atoms with van der Waals surface area (Å²) in [5.74, 6) is 0.158. The third kappa shape index (κ3) is 3.72. The Kier molecular flexibility index (Phi) is 4.77. The molecule has 4 rings (SSSR count). The van der Waals surface area contributed by atoms with Crippen LogP contribution >= 0.6 is 11.6 Å². The van der Waals surface area contributed by atoms with Gasteiger partial charge in [0.15, 0.2) is 5.82 Å². The van der Waals surface area contributed by atoms with Gasteiger partial charge in [0.25, 0.3) is 11.8 Å². The third-order valence-electron chi connectivity index (χ3n) is 3.91. The number of carbonyl (C=O) groups excluding carboxylic acids is 1. The normalized spacial score (nSPS) is 10.8. The summed E-state index contributed by atoms with van der Waals surface area (Å²) in [4.78, 5) is 15.1. The molecular formula is C19H14ClN5O3. The van der Waals surface area contributed by atoms with E-state index in [0.29, 0.717) is 27.4 Å². The summed E-state index contributed by atoms with van der Waals surface area (Å²) in [5, 5.41) is 12.8. The quantitative estimate of drug-likeness (QED) is 0.511. The molecule has 3 heterocycles. The average Bonchev–Trinajstić information content (AvgIpc) is 3.20. The number of aromatic nitrogens is 3. The maximum absolute atomic E-state index is 11.2. The first-order valence-corrected chi connectivity index (χ1v) is 8.62. The number of nitrogens with zero attached hydrogens (tertiary/aromatic N) is 3. The van der Waals surface area contributed by atoms with Crippen LogP contribution < -0.4 is 15.8 Å². The van der Waals surface area contributed by atoms with Crippen molar-refractivity contribution in [3.8, 4) is 5.88 Å². The van der Waals surface area contributed by atoms with E-state index in [4.69, 9.17) is 26.5 Å². The molecule has 3 aromatic heterocycles. The second-order valence-electron chi connectivity index (χ2n) is 5.85. The van der Waals surface area contributed by atoms with E-state index in [-0.39, 0.29) is 18.2 Å². The van der Waals surface area contributed by atoms with E-state index in [1.54, 1.807) is 30.3 Å². The second-order valence-corrected chi connectivity index (χ2v) is 6.29. The number of rotatable bonds is 6. The molecule has 3 N–H and O–H groups in total. The molecule has 0 fully saturated rings. The van der Waals surface area contributed by atoms with Crippen molar-refractivity contribution >= 4 is 40.0 Å². The van der Waals surface area contributed by atoms with Gasteiger partial charge in [-0.25, -0.2) is 0 Å². The van der Waals surface area contributed by atoms with E-state index in [1.165, 1.54) is 12.5 Å². The summed E-state index contributed by atoms with van der Waals surface area (Å²) in [5.41, 5.74) is 7.39. The van der Waals surface area contributed by atoms with Gasteiger partial charge in [0.2, 0.25) is 5.58 Å². The van der Waals surface area contributed by atoms with E-state index in [1.807, 2.05) is 12.1 Å². The Hall–Kier alpha value is -3.65. The summed E-state index contributed by atoms with van der Waals surface area (Å²) < 4.78 is 11.2. The van der Waals surface area contributed by atoms with Crippen molar-refractivity contribution < 1.29 is 13.9 Å². The van der Waals surface area contributed by atoms with E-state index >= 15 is 0 Å². The van der Waals surface area contributed by atoms with E-state index < -0.39 is 5.91 Å². The number of primary amides is 1. The van der Waals surface area contributed by atoms with Gasteiger partial charge < -0.3 is 20.2 Å².